The van der Waals surface area contributed by atoms with E-state index in [9.17, 15) is 4.79 Å². The number of hydrogen-bond donors (Lipinski definition) is 0. The Morgan fingerprint density at radius 2 is 2.12 bits per heavy atom. The van der Waals surface area contributed by atoms with E-state index in [0.717, 1.165) is 4.47 Å². The third-order valence-corrected chi connectivity index (χ3v) is 2.92. The number of rotatable bonds is 7. The minimum absolute atomic E-state index is 0.0270. The summed E-state index contributed by atoms with van der Waals surface area (Å²) in [7, 11) is 0. The Morgan fingerprint density at radius 1 is 1.41 bits per heavy atom. The molecule has 94 valence electrons. The van der Waals surface area contributed by atoms with Crippen LogP contribution in [-0.2, 0) is 9.47 Å². The van der Waals surface area contributed by atoms with E-state index in [4.69, 9.17) is 9.47 Å². The summed E-state index contributed by atoms with van der Waals surface area (Å²) in [6, 6.07) is 7.33. The first kappa shape index (κ1) is 14.4. The van der Waals surface area contributed by atoms with Gasteiger partial charge < -0.3 is 9.47 Å². The van der Waals surface area contributed by atoms with Crippen molar-refractivity contribution in [2.24, 2.45) is 0 Å². The van der Waals surface area contributed by atoms with Crippen molar-refractivity contribution < 1.29 is 14.3 Å². The van der Waals surface area contributed by atoms with E-state index < -0.39 is 0 Å². The van der Waals surface area contributed by atoms with E-state index in [-0.39, 0.29) is 18.5 Å². The SMILES string of the molecule is CCOCC(C)OCC(=O)c1ccccc1Br. The Balaban J connectivity index is 2.42. The first-order valence-corrected chi connectivity index (χ1v) is 6.41. The molecule has 0 N–H and O–H groups in total. The van der Waals surface area contributed by atoms with E-state index in [1.54, 1.807) is 6.07 Å². The number of carbonyl (C=O) groups excluding carboxylic acids is 1. The summed E-state index contributed by atoms with van der Waals surface area (Å²) in [5, 5.41) is 0. The molecule has 0 bridgehead atoms. The van der Waals surface area contributed by atoms with Crippen LogP contribution in [0.5, 0.6) is 0 Å². The van der Waals surface area contributed by atoms with Crippen LogP contribution in [0, 0.1) is 0 Å². The highest BCUT2D eigenvalue weighted by molar-refractivity contribution is 9.10. The van der Waals surface area contributed by atoms with Crippen LogP contribution in [0.3, 0.4) is 0 Å². The molecule has 0 aliphatic heterocycles. The lowest BCUT2D eigenvalue weighted by Crippen LogP contribution is -2.20. The zero-order valence-corrected chi connectivity index (χ0v) is 11.7. The molecular weight excluding hydrogens is 284 g/mol. The molecule has 0 aliphatic carbocycles. The summed E-state index contributed by atoms with van der Waals surface area (Å²) in [6.45, 7) is 5.07. The largest absolute Gasteiger partial charge is 0.379 e. The molecule has 0 amide bonds. The molecule has 0 radical (unpaired) electrons. The number of carbonyl (C=O) groups is 1. The van der Waals surface area contributed by atoms with Gasteiger partial charge in [-0.25, -0.2) is 0 Å². The van der Waals surface area contributed by atoms with Gasteiger partial charge in [0, 0.05) is 16.6 Å². The molecule has 1 aromatic rings. The number of halogens is 1. The quantitative estimate of drug-likeness (QED) is 0.726. The predicted molar refractivity (Wildman–Crippen MR) is 70.4 cm³/mol. The van der Waals surface area contributed by atoms with Gasteiger partial charge in [-0.3, -0.25) is 4.79 Å². The molecule has 0 spiro atoms. The Bertz CT molecular complexity index is 365. The number of benzene rings is 1. The van der Waals surface area contributed by atoms with Crippen LogP contribution in [0.1, 0.15) is 24.2 Å². The van der Waals surface area contributed by atoms with E-state index >= 15 is 0 Å². The predicted octanol–water partition coefficient (Wildman–Crippen LogP) is 3.07. The van der Waals surface area contributed by atoms with E-state index in [1.165, 1.54) is 0 Å². The standard InChI is InChI=1S/C13H17BrO3/c1-3-16-8-10(2)17-9-13(15)11-6-4-5-7-12(11)14/h4-7,10H,3,8-9H2,1-2H3. The first-order chi connectivity index (χ1) is 8.15. The average molecular weight is 301 g/mol. The van der Waals surface area contributed by atoms with Crippen molar-refractivity contribution in [1.29, 1.82) is 0 Å². The lowest BCUT2D eigenvalue weighted by Gasteiger charge is -2.12. The van der Waals surface area contributed by atoms with Crippen molar-refractivity contribution in [1.82, 2.24) is 0 Å². The van der Waals surface area contributed by atoms with Crippen molar-refractivity contribution in [2.75, 3.05) is 19.8 Å². The summed E-state index contributed by atoms with van der Waals surface area (Å²) in [5.41, 5.74) is 0.649. The second kappa shape index (κ2) is 7.58. The topological polar surface area (TPSA) is 35.5 Å². The van der Waals surface area contributed by atoms with Gasteiger partial charge in [-0.1, -0.05) is 34.1 Å². The number of Topliss-reactive ketones (excluding diaryl/α,β-unsaturated/α-hetero) is 1. The number of ketones is 1. The fourth-order valence-electron chi connectivity index (χ4n) is 1.31. The molecule has 17 heavy (non-hydrogen) atoms. The normalized spacial score (nSPS) is 12.4. The van der Waals surface area contributed by atoms with E-state index in [2.05, 4.69) is 15.9 Å². The summed E-state index contributed by atoms with van der Waals surface area (Å²) in [4.78, 5) is 11.8. The van der Waals surface area contributed by atoms with Crippen LogP contribution in [-0.4, -0.2) is 31.7 Å². The minimum Gasteiger partial charge on any atom is -0.379 e. The molecule has 1 unspecified atom stereocenters. The summed E-state index contributed by atoms with van der Waals surface area (Å²) in [5.74, 6) is -0.0270. The van der Waals surface area contributed by atoms with Gasteiger partial charge in [-0.2, -0.15) is 0 Å². The van der Waals surface area contributed by atoms with Crippen molar-refractivity contribution in [2.45, 2.75) is 20.0 Å². The Morgan fingerprint density at radius 3 is 2.76 bits per heavy atom. The highest BCUT2D eigenvalue weighted by Gasteiger charge is 2.11. The molecule has 3 nitrogen and oxygen atoms in total. The van der Waals surface area contributed by atoms with Gasteiger partial charge >= 0.3 is 0 Å². The molecule has 4 heteroatoms. The smallest absolute Gasteiger partial charge is 0.189 e. The highest BCUT2D eigenvalue weighted by atomic mass is 79.9. The molecular formula is C13H17BrO3. The van der Waals surface area contributed by atoms with Gasteiger partial charge in [0.25, 0.3) is 0 Å². The summed E-state index contributed by atoms with van der Waals surface area (Å²) < 4.78 is 11.4. The van der Waals surface area contributed by atoms with Crippen molar-refractivity contribution in [3.63, 3.8) is 0 Å². The van der Waals surface area contributed by atoms with Gasteiger partial charge in [-0.05, 0) is 19.9 Å². The van der Waals surface area contributed by atoms with Crippen LogP contribution < -0.4 is 0 Å². The third kappa shape index (κ3) is 4.98. The molecule has 0 heterocycles. The van der Waals surface area contributed by atoms with E-state index in [1.807, 2.05) is 32.0 Å². The maximum atomic E-state index is 11.8. The maximum Gasteiger partial charge on any atom is 0.189 e. The molecule has 1 aromatic carbocycles. The molecule has 0 saturated heterocycles. The lowest BCUT2D eigenvalue weighted by atomic mass is 10.1. The van der Waals surface area contributed by atoms with Crippen molar-refractivity contribution in [3.8, 4) is 0 Å². The zero-order chi connectivity index (χ0) is 12.7. The van der Waals surface area contributed by atoms with E-state index in [0.29, 0.717) is 18.8 Å². The van der Waals surface area contributed by atoms with Gasteiger partial charge in [0.1, 0.15) is 6.61 Å². The van der Waals surface area contributed by atoms with Crippen LogP contribution in [0.15, 0.2) is 28.7 Å². The average Bonchev–Trinajstić information content (AvgIpc) is 2.34. The highest BCUT2D eigenvalue weighted by Crippen LogP contribution is 2.16. The molecule has 0 aromatic heterocycles. The summed E-state index contributed by atoms with van der Waals surface area (Å²) >= 11 is 3.34. The Hall–Kier alpha value is -0.710. The second-order valence-corrected chi connectivity index (χ2v) is 4.54. The molecule has 1 atom stereocenters. The number of ether oxygens (including phenoxy) is 2. The fourth-order valence-corrected chi connectivity index (χ4v) is 1.82. The monoisotopic (exact) mass is 300 g/mol. The molecule has 0 saturated carbocycles. The van der Waals surface area contributed by atoms with Crippen LogP contribution >= 0.6 is 15.9 Å². The zero-order valence-electron chi connectivity index (χ0n) is 10.1. The Kier molecular flexibility index (Phi) is 6.40. The lowest BCUT2D eigenvalue weighted by molar-refractivity contribution is 0.00113. The van der Waals surface area contributed by atoms with Crippen LogP contribution in [0.25, 0.3) is 0 Å². The molecule has 0 fully saturated rings. The van der Waals surface area contributed by atoms with Crippen molar-refractivity contribution in [3.05, 3.63) is 34.3 Å². The first-order valence-electron chi connectivity index (χ1n) is 5.62. The third-order valence-electron chi connectivity index (χ3n) is 2.23. The molecule has 0 aliphatic rings. The van der Waals surface area contributed by atoms with Gasteiger partial charge in [0.05, 0.1) is 12.7 Å². The Labute approximate surface area is 110 Å². The van der Waals surface area contributed by atoms with Gasteiger partial charge in [0.2, 0.25) is 0 Å². The number of hydrogen-bond acceptors (Lipinski definition) is 3. The molecule has 1 rings (SSSR count). The van der Waals surface area contributed by atoms with Crippen molar-refractivity contribution >= 4 is 21.7 Å². The van der Waals surface area contributed by atoms with Crippen LogP contribution in [0.2, 0.25) is 0 Å². The van der Waals surface area contributed by atoms with Gasteiger partial charge in [0.15, 0.2) is 5.78 Å². The van der Waals surface area contributed by atoms with Crippen LogP contribution in [0.4, 0.5) is 0 Å². The van der Waals surface area contributed by atoms with Gasteiger partial charge in [-0.15, -0.1) is 0 Å². The minimum atomic E-state index is -0.0682. The fraction of sp³-hybridized carbons (Fsp3) is 0.462. The maximum absolute atomic E-state index is 11.8. The summed E-state index contributed by atoms with van der Waals surface area (Å²) in [6.07, 6.45) is -0.0682. The second-order valence-electron chi connectivity index (χ2n) is 3.68.